The summed E-state index contributed by atoms with van der Waals surface area (Å²) < 4.78 is 39.9. The van der Waals surface area contributed by atoms with Crippen LogP contribution < -0.4 is 4.72 Å². The van der Waals surface area contributed by atoms with Gasteiger partial charge in [-0.2, -0.15) is 0 Å². The fourth-order valence-electron chi connectivity index (χ4n) is 1.32. The summed E-state index contributed by atoms with van der Waals surface area (Å²) in [5.41, 5.74) is 0.0803. The van der Waals surface area contributed by atoms with Crippen LogP contribution in [-0.4, -0.2) is 13.4 Å². The van der Waals surface area contributed by atoms with Gasteiger partial charge in [0.1, 0.15) is 15.9 Å². The van der Waals surface area contributed by atoms with Crippen LogP contribution in [-0.2, 0) is 10.0 Å². The Bertz CT molecular complexity index is 771. The van der Waals surface area contributed by atoms with Gasteiger partial charge in [-0.1, -0.05) is 23.2 Å². The van der Waals surface area contributed by atoms with Gasteiger partial charge in [0.2, 0.25) is 0 Å². The maximum Gasteiger partial charge on any atom is 0.263 e. The summed E-state index contributed by atoms with van der Waals surface area (Å²) in [5.74, 6) is -0.586. The predicted molar refractivity (Wildman–Crippen MR) is 79.2 cm³/mol. The number of aromatic nitrogens is 1. The van der Waals surface area contributed by atoms with Gasteiger partial charge in [-0.3, -0.25) is 4.72 Å². The van der Waals surface area contributed by atoms with E-state index in [9.17, 15) is 12.8 Å². The minimum absolute atomic E-state index is 0.000280. The summed E-state index contributed by atoms with van der Waals surface area (Å²) in [4.78, 5) is 3.48. The van der Waals surface area contributed by atoms with E-state index < -0.39 is 15.8 Å². The third kappa shape index (κ3) is 3.41. The van der Waals surface area contributed by atoms with Crippen LogP contribution in [0.25, 0.3) is 0 Å². The Hall–Kier alpha value is -0.890. The summed E-state index contributed by atoms with van der Waals surface area (Å²) >= 11 is 14.3. The van der Waals surface area contributed by atoms with Crippen molar-refractivity contribution in [3.05, 3.63) is 50.9 Å². The first-order valence-electron chi connectivity index (χ1n) is 5.08. The minimum Gasteiger partial charge on any atom is -0.279 e. The number of anilines is 1. The molecule has 0 aliphatic heterocycles. The van der Waals surface area contributed by atoms with Gasteiger partial charge in [0.15, 0.2) is 0 Å². The quantitative estimate of drug-likeness (QED) is 0.790. The molecule has 0 saturated heterocycles. The first-order chi connectivity index (χ1) is 9.29. The summed E-state index contributed by atoms with van der Waals surface area (Å²) in [6.45, 7) is 0. The molecular formula is C11H6BrCl2FN2O2S. The molecule has 1 aromatic heterocycles. The zero-order valence-electron chi connectivity index (χ0n) is 9.57. The molecule has 0 amide bonds. The number of hydrogen-bond acceptors (Lipinski definition) is 3. The van der Waals surface area contributed by atoms with E-state index in [-0.39, 0.29) is 25.2 Å². The lowest BCUT2D eigenvalue weighted by Crippen LogP contribution is -2.13. The van der Waals surface area contributed by atoms with Crippen molar-refractivity contribution in [1.82, 2.24) is 4.98 Å². The number of rotatable bonds is 3. The van der Waals surface area contributed by atoms with Gasteiger partial charge in [-0.05, 0) is 40.2 Å². The zero-order chi connectivity index (χ0) is 14.9. The molecule has 4 nitrogen and oxygen atoms in total. The number of nitrogens with zero attached hydrogens (tertiary/aromatic N) is 1. The van der Waals surface area contributed by atoms with Crippen LogP contribution in [0.3, 0.4) is 0 Å². The predicted octanol–water partition coefficient (Wildman–Crippen LogP) is 4.09. The van der Waals surface area contributed by atoms with Crippen molar-refractivity contribution < 1.29 is 12.8 Å². The van der Waals surface area contributed by atoms with Gasteiger partial charge in [-0.25, -0.2) is 17.8 Å². The molecule has 0 aliphatic carbocycles. The minimum atomic E-state index is -3.92. The first kappa shape index (κ1) is 15.5. The highest BCUT2D eigenvalue weighted by molar-refractivity contribution is 9.10. The molecule has 0 aliphatic rings. The third-order valence-corrected chi connectivity index (χ3v) is 4.93. The molecule has 0 spiro atoms. The van der Waals surface area contributed by atoms with Gasteiger partial charge in [-0.15, -0.1) is 0 Å². The van der Waals surface area contributed by atoms with Crippen molar-refractivity contribution in [2.75, 3.05) is 4.72 Å². The normalized spacial score (nSPS) is 11.4. The standard InChI is InChI=1S/C11H6BrCl2FN2O2S/c12-8-2-1-6(3-10(8)15)17-20(18,19)7-4-9(13)11(14)16-5-7/h1-5,17H. The van der Waals surface area contributed by atoms with Crippen molar-refractivity contribution in [3.63, 3.8) is 0 Å². The number of halogens is 4. The Labute approximate surface area is 133 Å². The molecule has 1 N–H and O–H groups in total. The monoisotopic (exact) mass is 398 g/mol. The van der Waals surface area contributed by atoms with Gasteiger partial charge >= 0.3 is 0 Å². The molecule has 20 heavy (non-hydrogen) atoms. The molecule has 9 heteroatoms. The van der Waals surface area contributed by atoms with Crippen LogP contribution in [0, 0.1) is 5.82 Å². The first-order valence-corrected chi connectivity index (χ1v) is 8.12. The molecule has 0 bridgehead atoms. The highest BCUT2D eigenvalue weighted by atomic mass is 79.9. The Balaban J connectivity index is 2.35. The molecule has 0 unspecified atom stereocenters. The summed E-state index contributed by atoms with van der Waals surface area (Å²) in [7, 11) is -3.92. The molecule has 2 aromatic rings. The second-order valence-corrected chi connectivity index (χ2v) is 6.98. The van der Waals surface area contributed by atoms with Gasteiger partial charge in [0.25, 0.3) is 10.0 Å². The van der Waals surface area contributed by atoms with Crippen LogP contribution in [0.2, 0.25) is 10.2 Å². The topological polar surface area (TPSA) is 59.1 Å². The Morgan fingerprint density at radius 1 is 1.25 bits per heavy atom. The van der Waals surface area contributed by atoms with E-state index in [1.165, 1.54) is 12.1 Å². The zero-order valence-corrected chi connectivity index (χ0v) is 13.5. The van der Waals surface area contributed by atoms with Crippen molar-refractivity contribution in [2.24, 2.45) is 0 Å². The van der Waals surface area contributed by atoms with E-state index in [0.717, 1.165) is 18.3 Å². The van der Waals surface area contributed by atoms with Crippen LogP contribution in [0.1, 0.15) is 0 Å². The van der Waals surface area contributed by atoms with Crippen molar-refractivity contribution >= 4 is 54.8 Å². The van der Waals surface area contributed by atoms with E-state index >= 15 is 0 Å². The number of nitrogens with one attached hydrogen (secondary N) is 1. The number of sulfonamides is 1. The van der Waals surface area contributed by atoms with Gasteiger partial charge in [0, 0.05) is 6.20 Å². The van der Waals surface area contributed by atoms with E-state index in [4.69, 9.17) is 23.2 Å². The molecule has 1 aromatic carbocycles. The van der Waals surface area contributed by atoms with Crippen LogP contribution >= 0.6 is 39.1 Å². The summed E-state index contributed by atoms with van der Waals surface area (Å²) in [6.07, 6.45) is 1.06. The third-order valence-electron chi connectivity index (χ3n) is 2.25. The second-order valence-electron chi connectivity index (χ2n) is 3.68. The van der Waals surface area contributed by atoms with E-state index in [1.807, 2.05) is 0 Å². The Morgan fingerprint density at radius 3 is 2.55 bits per heavy atom. The average Bonchev–Trinajstić information content (AvgIpc) is 2.37. The van der Waals surface area contributed by atoms with Crippen molar-refractivity contribution in [2.45, 2.75) is 4.90 Å². The molecule has 0 saturated carbocycles. The smallest absolute Gasteiger partial charge is 0.263 e. The number of hydrogen-bond donors (Lipinski definition) is 1. The van der Waals surface area contributed by atoms with Gasteiger partial charge in [0.05, 0.1) is 15.2 Å². The molecule has 2 rings (SSSR count). The maximum absolute atomic E-state index is 13.3. The molecule has 0 atom stereocenters. The number of benzene rings is 1. The van der Waals surface area contributed by atoms with Crippen molar-refractivity contribution in [1.29, 1.82) is 0 Å². The lowest BCUT2D eigenvalue weighted by atomic mass is 10.3. The summed E-state index contributed by atoms with van der Waals surface area (Å²) in [6, 6.07) is 5.01. The van der Waals surface area contributed by atoms with Crippen LogP contribution in [0.5, 0.6) is 0 Å². The van der Waals surface area contributed by atoms with E-state index in [2.05, 4.69) is 25.6 Å². The SMILES string of the molecule is O=S(=O)(Nc1ccc(Br)c(F)c1)c1cnc(Cl)c(Cl)c1. The highest BCUT2D eigenvalue weighted by Crippen LogP contribution is 2.25. The van der Waals surface area contributed by atoms with E-state index in [0.29, 0.717) is 0 Å². The lowest BCUT2D eigenvalue weighted by Gasteiger charge is -2.09. The molecular weight excluding hydrogens is 394 g/mol. The molecule has 1 heterocycles. The van der Waals surface area contributed by atoms with Gasteiger partial charge < -0.3 is 0 Å². The van der Waals surface area contributed by atoms with Crippen molar-refractivity contribution in [3.8, 4) is 0 Å². The number of pyridine rings is 1. The largest absolute Gasteiger partial charge is 0.279 e. The van der Waals surface area contributed by atoms with E-state index in [1.54, 1.807) is 0 Å². The Morgan fingerprint density at radius 2 is 1.95 bits per heavy atom. The highest BCUT2D eigenvalue weighted by Gasteiger charge is 2.17. The van der Waals surface area contributed by atoms with Crippen LogP contribution in [0.4, 0.5) is 10.1 Å². The molecule has 106 valence electrons. The fourth-order valence-corrected chi connectivity index (χ4v) is 2.92. The maximum atomic E-state index is 13.3. The second kappa shape index (κ2) is 5.85. The summed E-state index contributed by atoms with van der Waals surface area (Å²) in [5, 5.41) is 0.0110. The lowest BCUT2D eigenvalue weighted by molar-refractivity contribution is 0.600. The molecule has 0 radical (unpaired) electrons. The Kier molecular flexibility index (Phi) is 4.53. The molecule has 0 fully saturated rings. The van der Waals surface area contributed by atoms with Crippen LogP contribution in [0.15, 0.2) is 39.8 Å². The fraction of sp³-hybridized carbons (Fsp3) is 0. The average molecular weight is 400 g/mol.